The van der Waals surface area contributed by atoms with E-state index in [9.17, 15) is 0 Å². The Morgan fingerprint density at radius 3 is 2.32 bits per heavy atom. The van der Waals surface area contributed by atoms with E-state index in [2.05, 4.69) is 32.0 Å². The van der Waals surface area contributed by atoms with E-state index in [-0.39, 0.29) is 0 Å². The molecule has 0 spiro atoms. The van der Waals surface area contributed by atoms with Crippen LogP contribution in [0.4, 0.5) is 0 Å². The second-order valence-electron chi connectivity index (χ2n) is 7.63. The number of nitrogens with two attached hydrogens (primary N) is 1. The molecule has 2 atom stereocenters. The second-order valence-corrected chi connectivity index (χ2v) is 7.63. The number of aryl methyl sites for hydroxylation is 2. The molecule has 4 saturated carbocycles. The minimum absolute atomic E-state index is 0.477. The van der Waals surface area contributed by atoms with Gasteiger partial charge in [-0.25, -0.2) is 0 Å². The van der Waals surface area contributed by atoms with Gasteiger partial charge in [-0.3, -0.25) is 0 Å². The fourth-order valence-electron chi connectivity index (χ4n) is 5.49. The van der Waals surface area contributed by atoms with Gasteiger partial charge < -0.3 is 5.73 Å². The lowest BCUT2D eigenvalue weighted by molar-refractivity contribution is -0.0226. The van der Waals surface area contributed by atoms with E-state index in [1.54, 1.807) is 5.56 Å². The van der Waals surface area contributed by atoms with Crippen molar-refractivity contribution >= 4 is 0 Å². The molecular formula is C18H25N. The van der Waals surface area contributed by atoms with Crippen molar-refractivity contribution in [3.05, 3.63) is 34.9 Å². The summed E-state index contributed by atoms with van der Waals surface area (Å²) in [6.07, 6.45) is 6.94. The molecule has 0 aliphatic heterocycles. The number of hydrogen-bond donors (Lipinski definition) is 1. The molecule has 1 aromatic carbocycles. The highest BCUT2D eigenvalue weighted by Gasteiger charge is 2.54. The van der Waals surface area contributed by atoms with Crippen LogP contribution in [0.2, 0.25) is 0 Å². The third-order valence-electron chi connectivity index (χ3n) is 6.47. The minimum atomic E-state index is 0.477. The Morgan fingerprint density at radius 2 is 1.68 bits per heavy atom. The summed E-state index contributed by atoms with van der Waals surface area (Å²) < 4.78 is 0. The van der Waals surface area contributed by atoms with Crippen molar-refractivity contribution in [1.29, 1.82) is 0 Å². The summed E-state index contributed by atoms with van der Waals surface area (Å²) in [5.41, 5.74) is 11.4. The molecular weight excluding hydrogens is 230 g/mol. The largest absolute Gasteiger partial charge is 0.327 e. The predicted molar refractivity (Wildman–Crippen MR) is 79.1 cm³/mol. The molecule has 2 unspecified atom stereocenters. The smallest absolute Gasteiger partial charge is 0.00964 e. The van der Waals surface area contributed by atoms with E-state index in [1.165, 1.54) is 43.2 Å². The Balaban J connectivity index is 1.76. The number of rotatable bonds is 1. The third kappa shape index (κ3) is 1.64. The molecule has 0 heterocycles. The van der Waals surface area contributed by atoms with Crippen LogP contribution in [0.3, 0.4) is 0 Å². The van der Waals surface area contributed by atoms with Gasteiger partial charge in [-0.2, -0.15) is 0 Å². The predicted octanol–water partition coefficient (Wildman–Crippen LogP) is 3.71. The van der Waals surface area contributed by atoms with Crippen LogP contribution in [0.5, 0.6) is 0 Å². The Labute approximate surface area is 116 Å². The van der Waals surface area contributed by atoms with Crippen LogP contribution < -0.4 is 5.73 Å². The van der Waals surface area contributed by atoms with Crippen LogP contribution in [0, 0.1) is 31.6 Å². The van der Waals surface area contributed by atoms with Crippen molar-refractivity contribution in [3.8, 4) is 0 Å². The first-order valence-electron chi connectivity index (χ1n) is 7.91. The highest BCUT2D eigenvalue weighted by Crippen LogP contribution is 2.60. The van der Waals surface area contributed by atoms with Crippen molar-refractivity contribution in [2.24, 2.45) is 23.5 Å². The van der Waals surface area contributed by atoms with Crippen molar-refractivity contribution < 1.29 is 0 Å². The summed E-state index contributed by atoms with van der Waals surface area (Å²) in [4.78, 5) is 0. The summed E-state index contributed by atoms with van der Waals surface area (Å²) >= 11 is 0. The van der Waals surface area contributed by atoms with Crippen LogP contribution in [-0.4, -0.2) is 6.04 Å². The molecule has 5 rings (SSSR count). The molecule has 19 heavy (non-hydrogen) atoms. The van der Waals surface area contributed by atoms with Crippen molar-refractivity contribution in [2.75, 3.05) is 0 Å². The molecule has 2 N–H and O–H groups in total. The number of benzene rings is 1. The highest BCUT2D eigenvalue weighted by atomic mass is 14.7. The summed E-state index contributed by atoms with van der Waals surface area (Å²) in [6.45, 7) is 4.47. The normalized spacial score (nSPS) is 43.7. The maximum atomic E-state index is 6.46. The van der Waals surface area contributed by atoms with E-state index in [0.717, 1.165) is 17.8 Å². The van der Waals surface area contributed by atoms with Crippen LogP contribution in [0.1, 0.15) is 48.8 Å². The summed E-state index contributed by atoms with van der Waals surface area (Å²) in [5, 5.41) is 0. The van der Waals surface area contributed by atoms with Gasteiger partial charge >= 0.3 is 0 Å². The highest BCUT2D eigenvalue weighted by molar-refractivity contribution is 5.37. The number of hydrogen-bond acceptors (Lipinski definition) is 1. The van der Waals surface area contributed by atoms with Crippen molar-refractivity contribution in [2.45, 2.75) is 57.4 Å². The van der Waals surface area contributed by atoms with Gasteiger partial charge in [-0.1, -0.05) is 18.2 Å². The Kier molecular flexibility index (Phi) is 2.42. The molecule has 1 nitrogen and oxygen atoms in total. The zero-order valence-corrected chi connectivity index (χ0v) is 12.2. The van der Waals surface area contributed by atoms with Gasteiger partial charge in [-0.15, -0.1) is 0 Å². The van der Waals surface area contributed by atoms with E-state index >= 15 is 0 Å². The van der Waals surface area contributed by atoms with Crippen LogP contribution in [0.15, 0.2) is 18.2 Å². The Hall–Kier alpha value is -0.820. The standard InChI is InChI=1S/C18H25N/c1-11-3-4-16(5-12(11)2)18-8-13-6-14(9-18)17(19)15(7-13)10-18/h3-5,13-15,17H,6-10,19H2,1-2H3. The monoisotopic (exact) mass is 255 g/mol. The van der Waals surface area contributed by atoms with Gasteiger partial charge in [0, 0.05) is 6.04 Å². The third-order valence-corrected chi connectivity index (χ3v) is 6.47. The van der Waals surface area contributed by atoms with Gasteiger partial charge in [-0.05, 0) is 85.8 Å². The molecule has 0 radical (unpaired) electrons. The van der Waals surface area contributed by atoms with Gasteiger partial charge in [0.2, 0.25) is 0 Å². The molecule has 4 fully saturated rings. The molecule has 4 aliphatic rings. The van der Waals surface area contributed by atoms with Gasteiger partial charge in [0.25, 0.3) is 0 Å². The van der Waals surface area contributed by atoms with E-state index < -0.39 is 0 Å². The quantitative estimate of drug-likeness (QED) is 0.813. The van der Waals surface area contributed by atoms with Crippen LogP contribution >= 0.6 is 0 Å². The molecule has 102 valence electrons. The fraction of sp³-hybridized carbons (Fsp3) is 0.667. The van der Waals surface area contributed by atoms with E-state index in [0.29, 0.717) is 11.5 Å². The van der Waals surface area contributed by atoms with Gasteiger partial charge in [0.15, 0.2) is 0 Å². The van der Waals surface area contributed by atoms with E-state index in [4.69, 9.17) is 5.73 Å². The second kappa shape index (κ2) is 3.85. The van der Waals surface area contributed by atoms with Crippen LogP contribution in [-0.2, 0) is 5.41 Å². The first kappa shape index (κ1) is 12.0. The summed E-state index contributed by atoms with van der Waals surface area (Å²) in [7, 11) is 0. The first-order valence-corrected chi connectivity index (χ1v) is 7.91. The zero-order chi connectivity index (χ0) is 13.2. The van der Waals surface area contributed by atoms with Gasteiger partial charge in [0.05, 0.1) is 0 Å². The molecule has 1 heteroatoms. The maximum Gasteiger partial charge on any atom is 0.00964 e. The molecule has 0 saturated heterocycles. The Bertz CT molecular complexity index is 502. The van der Waals surface area contributed by atoms with Crippen molar-refractivity contribution in [1.82, 2.24) is 0 Å². The summed E-state index contributed by atoms with van der Waals surface area (Å²) in [6, 6.07) is 7.69. The molecule has 4 bridgehead atoms. The average molecular weight is 255 g/mol. The lowest BCUT2D eigenvalue weighted by Gasteiger charge is -2.59. The minimum Gasteiger partial charge on any atom is -0.327 e. The van der Waals surface area contributed by atoms with Crippen LogP contribution in [0.25, 0.3) is 0 Å². The topological polar surface area (TPSA) is 26.0 Å². The molecule has 4 aliphatic carbocycles. The van der Waals surface area contributed by atoms with E-state index in [1.807, 2.05) is 0 Å². The zero-order valence-electron chi connectivity index (χ0n) is 12.2. The fourth-order valence-corrected chi connectivity index (χ4v) is 5.49. The SMILES string of the molecule is Cc1ccc(C23CC4CC(C2)C(N)C(C4)C3)cc1C. The van der Waals surface area contributed by atoms with Gasteiger partial charge in [0.1, 0.15) is 0 Å². The Morgan fingerprint density at radius 1 is 1.00 bits per heavy atom. The maximum absolute atomic E-state index is 6.46. The van der Waals surface area contributed by atoms with Crippen molar-refractivity contribution in [3.63, 3.8) is 0 Å². The molecule has 0 amide bonds. The average Bonchev–Trinajstić information content (AvgIpc) is 2.38. The first-order chi connectivity index (χ1) is 9.07. The lowest BCUT2D eigenvalue weighted by Crippen LogP contribution is -2.58. The molecule has 0 aromatic heterocycles. The lowest BCUT2D eigenvalue weighted by atomic mass is 9.46. The molecule has 1 aromatic rings. The summed E-state index contributed by atoms with van der Waals surface area (Å²) in [5.74, 6) is 2.56.